The van der Waals surface area contributed by atoms with Crippen molar-refractivity contribution in [3.05, 3.63) is 76.3 Å². The number of nitrogens with zero attached hydrogens (tertiary/aromatic N) is 3. The van der Waals surface area contributed by atoms with Gasteiger partial charge in [-0.1, -0.05) is 12.1 Å². The van der Waals surface area contributed by atoms with E-state index in [0.29, 0.717) is 30.6 Å². The summed E-state index contributed by atoms with van der Waals surface area (Å²) >= 11 is 0. The lowest BCUT2D eigenvalue weighted by atomic mass is 10.1. The van der Waals surface area contributed by atoms with Gasteiger partial charge < -0.3 is 9.72 Å². The van der Waals surface area contributed by atoms with E-state index in [4.69, 9.17) is 0 Å². The molecule has 28 heavy (non-hydrogen) atoms. The molecule has 0 fully saturated rings. The average molecular weight is 374 g/mol. The number of aromatic nitrogens is 3. The summed E-state index contributed by atoms with van der Waals surface area (Å²) in [5, 5.41) is 2.97. The number of nitrogens with one attached hydrogen (secondary N) is 1. The van der Waals surface area contributed by atoms with E-state index in [1.54, 1.807) is 16.8 Å². The van der Waals surface area contributed by atoms with E-state index >= 15 is 0 Å². The normalized spacial score (nSPS) is 11.2. The Morgan fingerprint density at radius 1 is 1.07 bits per heavy atom. The lowest BCUT2D eigenvalue weighted by Crippen LogP contribution is -2.24. The fourth-order valence-corrected chi connectivity index (χ4v) is 3.49. The maximum atomic E-state index is 12.9. The zero-order valence-electron chi connectivity index (χ0n) is 16.0. The van der Waals surface area contributed by atoms with Gasteiger partial charge in [0.05, 0.1) is 5.52 Å². The number of carbonyl (C=O) groups excluding carboxylic acids is 1. The molecule has 1 N–H and O–H groups in total. The molecular weight excluding hydrogens is 352 g/mol. The van der Waals surface area contributed by atoms with Crippen molar-refractivity contribution in [1.29, 1.82) is 0 Å². The van der Waals surface area contributed by atoms with Gasteiger partial charge in [-0.15, -0.1) is 0 Å². The first kappa shape index (κ1) is 18.0. The van der Waals surface area contributed by atoms with Gasteiger partial charge in [-0.05, 0) is 61.7 Å². The number of fused-ring (bicyclic) bond motifs is 3. The molecule has 0 aliphatic heterocycles. The summed E-state index contributed by atoms with van der Waals surface area (Å²) in [5.74, 6) is -0.0530. The number of benzene rings is 1. The molecule has 0 radical (unpaired) electrons. The third-order valence-electron chi connectivity index (χ3n) is 5.16. The summed E-state index contributed by atoms with van der Waals surface area (Å²) in [4.78, 5) is 29.6. The molecule has 0 saturated heterocycles. The standard InChI is InChI=1S/C22H22N4O2/c1-15-7-3-8-17(16(15)2)24-20(27)11-6-14-26-21-18(9-4-12-23-21)25-13-5-10-19(25)22(26)28/h3-5,7-10,12-13H,6,11,14H2,1-2H3,(H,24,27). The van der Waals surface area contributed by atoms with Crippen LogP contribution in [0.2, 0.25) is 0 Å². The lowest BCUT2D eigenvalue weighted by molar-refractivity contribution is -0.116. The Hall–Kier alpha value is -3.41. The van der Waals surface area contributed by atoms with Crippen molar-refractivity contribution >= 4 is 28.3 Å². The van der Waals surface area contributed by atoms with Crippen LogP contribution in [0.1, 0.15) is 24.0 Å². The summed E-state index contributed by atoms with van der Waals surface area (Å²) < 4.78 is 3.52. The smallest absolute Gasteiger partial charge is 0.276 e. The highest BCUT2D eigenvalue weighted by Crippen LogP contribution is 2.18. The Labute approximate surface area is 162 Å². The molecule has 0 aliphatic carbocycles. The summed E-state index contributed by atoms with van der Waals surface area (Å²) in [6, 6.07) is 13.3. The quantitative estimate of drug-likeness (QED) is 0.579. The minimum absolute atomic E-state index is 0.0530. The van der Waals surface area contributed by atoms with Gasteiger partial charge >= 0.3 is 0 Å². The molecule has 0 bridgehead atoms. The minimum atomic E-state index is -0.0915. The van der Waals surface area contributed by atoms with Crippen LogP contribution in [0.15, 0.2) is 59.7 Å². The highest BCUT2D eigenvalue weighted by molar-refractivity contribution is 5.91. The van der Waals surface area contributed by atoms with Crippen LogP contribution in [0.3, 0.4) is 0 Å². The average Bonchev–Trinajstić information content (AvgIpc) is 3.18. The molecule has 6 heteroatoms. The van der Waals surface area contributed by atoms with Gasteiger partial charge in [0.15, 0.2) is 5.65 Å². The Balaban J connectivity index is 1.53. The van der Waals surface area contributed by atoms with Crippen molar-refractivity contribution in [2.75, 3.05) is 5.32 Å². The number of pyridine rings is 1. The van der Waals surface area contributed by atoms with E-state index in [2.05, 4.69) is 10.3 Å². The zero-order valence-corrected chi connectivity index (χ0v) is 16.0. The van der Waals surface area contributed by atoms with Crippen molar-refractivity contribution in [3.63, 3.8) is 0 Å². The van der Waals surface area contributed by atoms with Gasteiger partial charge in [0.25, 0.3) is 5.56 Å². The van der Waals surface area contributed by atoms with Crippen molar-refractivity contribution in [2.24, 2.45) is 0 Å². The van der Waals surface area contributed by atoms with Crippen molar-refractivity contribution < 1.29 is 4.79 Å². The number of hydrogen-bond acceptors (Lipinski definition) is 3. The van der Waals surface area contributed by atoms with E-state index < -0.39 is 0 Å². The molecule has 1 amide bonds. The number of amides is 1. The molecule has 6 nitrogen and oxygen atoms in total. The second-order valence-corrected chi connectivity index (χ2v) is 6.97. The molecule has 4 rings (SSSR count). The van der Waals surface area contributed by atoms with Crippen molar-refractivity contribution in [1.82, 2.24) is 14.0 Å². The van der Waals surface area contributed by atoms with E-state index in [-0.39, 0.29) is 11.5 Å². The van der Waals surface area contributed by atoms with Crippen LogP contribution in [0.25, 0.3) is 16.7 Å². The number of rotatable bonds is 5. The monoisotopic (exact) mass is 374 g/mol. The summed E-state index contributed by atoms with van der Waals surface area (Å²) in [6.45, 7) is 4.45. The molecule has 1 aromatic carbocycles. The maximum absolute atomic E-state index is 12.9. The molecular formula is C22H22N4O2. The van der Waals surface area contributed by atoms with Crippen molar-refractivity contribution in [3.8, 4) is 0 Å². The fraction of sp³-hybridized carbons (Fsp3) is 0.227. The molecule has 142 valence electrons. The Morgan fingerprint density at radius 3 is 2.75 bits per heavy atom. The van der Waals surface area contributed by atoms with Crippen molar-refractivity contribution in [2.45, 2.75) is 33.2 Å². The second kappa shape index (κ2) is 7.31. The van der Waals surface area contributed by atoms with Gasteiger partial charge in [-0.25, -0.2) is 4.98 Å². The van der Waals surface area contributed by atoms with Crippen LogP contribution in [0, 0.1) is 13.8 Å². The zero-order chi connectivity index (χ0) is 19.7. The molecule has 4 aromatic rings. The predicted octanol–water partition coefficient (Wildman–Crippen LogP) is 3.68. The highest BCUT2D eigenvalue weighted by atomic mass is 16.1. The number of hydrogen-bond donors (Lipinski definition) is 1. The number of aryl methyl sites for hydroxylation is 2. The Kier molecular flexibility index (Phi) is 4.69. The molecule has 3 aromatic heterocycles. The lowest BCUT2D eigenvalue weighted by Gasteiger charge is -2.12. The molecule has 0 saturated carbocycles. The first-order valence-corrected chi connectivity index (χ1v) is 9.37. The van der Waals surface area contributed by atoms with E-state index in [9.17, 15) is 9.59 Å². The topological polar surface area (TPSA) is 68.4 Å². The molecule has 0 atom stereocenters. The SMILES string of the molecule is Cc1cccc(NC(=O)CCCn2c(=O)c3cccn3c3cccnc32)c1C. The largest absolute Gasteiger partial charge is 0.326 e. The van der Waals surface area contributed by atoms with Crippen LogP contribution in [-0.4, -0.2) is 19.9 Å². The van der Waals surface area contributed by atoms with Crippen LogP contribution < -0.4 is 10.9 Å². The minimum Gasteiger partial charge on any atom is -0.326 e. The van der Waals surface area contributed by atoms with Crippen LogP contribution in [-0.2, 0) is 11.3 Å². The second-order valence-electron chi connectivity index (χ2n) is 6.97. The predicted molar refractivity (Wildman–Crippen MR) is 111 cm³/mol. The van der Waals surface area contributed by atoms with Crippen LogP contribution >= 0.6 is 0 Å². The molecule has 3 heterocycles. The third kappa shape index (κ3) is 3.17. The Bertz CT molecular complexity index is 1240. The van der Waals surface area contributed by atoms with Crippen LogP contribution in [0.4, 0.5) is 5.69 Å². The summed E-state index contributed by atoms with van der Waals surface area (Å²) in [7, 11) is 0. The number of anilines is 1. The van der Waals surface area contributed by atoms with Gasteiger partial charge in [0.2, 0.25) is 5.91 Å². The van der Waals surface area contributed by atoms with Gasteiger partial charge in [-0.2, -0.15) is 0 Å². The number of carbonyl (C=O) groups is 1. The van der Waals surface area contributed by atoms with E-state index in [0.717, 1.165) is 22.3 Å². The van der Waals surface area contributed by atoms with Gasteiger partial charge in [0, 0.05) is 31.0 Å². The van der Waals surface area contributed by atoms with E-state index in [1.165, 1.54) is 0 Å². The first-order valence-electron chi connectivity index (χ1n) is 9.37. The highest BCUT2D eigenvalue weighted by Gasteiger charge is 2.12. The van der Waals surface area contributed by atoms with E-state index in [1.807, 2.05) is 60.8 Å². The Morgan fingerprint density at radius 2 is 1.89 bits per heavy atom. The van der Waals surface area contributed by atoms with Crippen LogP contribution in [0.5, 0.6) is 0 Å². The van der Waals surface area contributed by atoms with Gasteiger partial charge in [-0.3, -0.25) is 14.2 Å². The fourth-order valence-electron chi connectivity index (χ4n) is 3.49. The maximum Gasteiger partial charge on any atom is 0.276 e. The van der Waals surface area contributed by atoms with Gasteiger partial charge in [0.1, 0.15) is 5.52 Å². The molecule has 0 unspecified atom stereocenters. The first-order chi connectivity index (χ1) is 13.6. The molecule has 0 spiro atoms. The summed E-state index contributed by atoms with van der Waals surface area (Å²) in [5.41, 5.74) is 5.08. The summed E-state index contributed by atoms with van der Waals surface area (Å²) in [6.07, 6.45) is 4.43. The molecule has 0 aliphatic rings. The third-order valence-corrected chi connectivity index (χ3v) is 5.16.